The number of carbonyl (C=O) groups excluding carboxylic acids is 1. The first kappa shape index (κ1) is 23.5. The molecule has 0 fully saturated rings. The molecule has 0 spiro atoms. The summed E-state index contributed by atoms with van der Waals surface area (Å²) in [6.07, 6.45) is 0. The van der Waals surface area contributed by atoms with Gasteiger partial charge in [0, 0.05) is 20.1 Å². The van der Waals surface area contributed by atoms with Crippen molar-refractivity contribution in [2.75, 3.05) is 12.9 Å². The molecule has 0 aliphatic heterocycles. The Morgan fingerprint density at radius 1 is 1.25 bits per heavy atom. The van der Waals surface area contributed by atoms with Gasteiger partial charge < -0.3 is 10.1 Å². The van der Waals surface area contributed by atoms with Crippen molar-refractivity contribution in [1.82, 2.24) is 24.4 Å². The lowest BCUT2D eigenvalue weighted by Crippen LogP contribution is -2.39. The van der Waals surface area contributed by atoms with Crippen LogP contribution in [-0.4, -0.2) is 37.9 Å². The predicted octanol–water partition coefficient (Wildman–Crippen LogP) is 1.87. The Labute approximate surface area is 189 Å². The fraction of sp³-hybridized carbons (Fsp3) is 0.409. The van der Waals surface area contributed by atoms with Crippen LogP contribution in [0.2, 0.25) is 0 Å². The summed E-state index contributed by atoms with van der Waals surface area (Å²) >= 11 is 1.15. The Hall–Kier alpha value is -3.14. The maximum Gasteiger partial charge on any atom is 0.332 e. The smallest absolute Gasteiger partial charge is 0.332 e. The van der Waals surface area contributed by atoms with Crippen molar-refractivity contribution in [3.8, 4) is 5.75 Å². The fourth-order valence-electron chi connectivity index (χ4n) is 3.24. The molecule has 3 rings (SSSR count). The van der Waals surface area contributed by atoms with Gasteiger partial charge in [-0.15, -0.1) is 0 Å². The van der Waals surface area contributed by atoms with E-state index in [2.05, 4.69) is 15.3 Å². The molecule has 0 radical (unpaired) electrons. The summed E-state index contributed by atoms with van der Waals surface area (Å²) in [5.74, 6) is 1.21. The van der Waals surface area contributed by atoms with Gasteiger partial charge in [0.25, 0.3) is 5.56 Å². The molecule has 0 aliphatic carbocycles. The lowest BCUT2D eigenvalue weighted by molar-refractivity contribution is -0.118. The molecular weight excluding hydrogens is 430 g/mol. The lowest BCUT2D eigenvalue weighted by Gasteiger charge is -2.15. The van der Waals surface area contributed by atoms with E-state index in [0.717, 1.165) is 27.6 Å². The molecule has 10 heteroatoms. The van der Waals surface area contributed by atoms with Crippen LogP contribution < -0.4 is 21.3 Å². The summed E-state index contributed by atoms with van der Waals surface area (Å²) in [6, 6.07) is 7.45. The molecule has 0 saturated carbocycles. The van der Waals surface area contributed by atoms with Gasteiger partial charge in [0.2, 0.25) is 5.91 Å². The zero-order valence-electron chi connectivity index (χ0n) is 18.8. The number of ether oxygens (including phenoxy) is 1. The number of nitrogens with one attached hydrogen (secondary N) is 1. The molecule has 3 aromatic rings. The van der Waals surface area contributed by atoms with Crippen molar-refractivity contribution in [1.29, 1.82) is 0 Å². The van der Waals surface area contributed by atoms with E-state index in [0.29, 0.717) is 29.6 Å². The summed E-state index contributed by atoms with van der Waals surface area (Å²) < 4.78 is 7.76. The Balaban J connectivity index is 1.85. The van der Waals surface area contributed by atoms with Crippen LogP contribution in [-0.2, 0) is 24.9 Å². The first-order valence-electron chi connectivity index (χ1n) is 10.2. The second-order valence-corrected chi connectivity index (χ2v) is 8.81. The average molecular weight is 458 g/mol. The zero-order chi connectivity index (χ0) is 23.4. The van der Waals surface area contributed by atoms with Gasteiger partial charge >= 0.3 is 5.69 Å². The van der Waals surface area contributed by atoms with Crippen molar-refractivity contribution < 1.29 is 9.53 Å². The fourth-order valence-corrected chi connectivity index (χ4v) is 4.13. The molecule has 170 valence electrons. The van der Waals surface area contributed by atoms with Gasteiger partial charge in [-0.05, 0) is 30.5 Å². The highest BCUT2D eigenvalue weighted by molar-refractivity contribution is 8.00. The number of amides is 1. The van der Waals surface area contributed by atoms with Gasteiger partial charge in [-0.25, -0.2) is 14.8 Å². The third kappa shape index (κ3) is 5.18. The minimum Gasteiger partial charge on any atom is -0.497 e. The summed E-state index contributed by atoms with van der Waals surface area (Å²) in [5.41, 5.74) is 0.335. The summed E-state index contributed by atoms with van der Waals surface area (Å²) in [7, 11) is 3.03. The van der Waals surface area contributed by atoms with Crippen LogP contribution in [0, 0.1) is 12.8 Å². The van der Waals surface area contributed by atoms with E-state index in [1.54, 1.807) is 14.0 Å². The number of rotatable bonds is 8. The average Bonchev–Trinajstić information content (AvgIpc) is 2.77. The van der Waals surface area contributed by atoms with Gasteiger partial charge in [-0.3, -0.25) is 18.7 Å². The molecule has 2 aromatic heterocycles. The molecule has 1 N–H and O–H groups in total. The monoisotopic (exact) mass is 457 g/mol. The first-order chi connectivity index (χ1) is 15.2. The third-order valence-corrected chi connectivity index (χ3v) is 5.75. The topological polar surface area (TPSA) is 108 Å². The van der Waals surface area contributed by atoms with E-state index in [-0.39, 0.29) is 23.0 Å². The number of aryl methyl sites for hydroxylation is 1. The molecule has 0 unspecified atom stereocenters. The molecule has 1 amide bonds. The van der Waals surface area contributed by atoms with Crippen LogP contribution in [0.3, 0.4) is 0 Å². The van der Waals surface area contributed by atoms with E-state index in [1.165, 1.54) is 11.6 Å². The number of benzene rings is 1. The number of hydrogen-bond donors (Lipinski definition) is 1. The van der Waals surface area contributed by atoms with Crippen molar-refractivity contribution in [3.05, 3.63) is 56.5 Å². The Kier molecular flexibility index (Phi) is 7.34. The van der Waals surface area contributed by atoms with Gasteiger partial charge in [-0.1, -0.05) is 37.7 Å². The number of nitrogens with zero attached hydrogens (tertiary/aromatic N) is 4. The van der Waals surface area contributed by atoms with E-state index in [9.17, 15) is 14.4 Å². The van der Waals surface area contributed by atoms with Crippen molar-refractivity contribution in [2.24, 2.45) is 13.0 Å². The maximum absolute atomic E-state index is 12.9. The summed E-state index contributed by atoms with van der Waals surface area (Å²) in [5, 5.41) is 3.50. The lowest BCUT2D eigenvalue weighted by atomic mass is 10.2. The highest BCUT2D eigenvalue weighted by Crippen LogP contribution is 2.22. The largest absolute Gasteiger partial charge is 0.497 e. The molecular formula is C22H27N5O4S. The minimum absolute atomic E-state index is 0.0714. The van der Waals surface area contributed by atoms with Crippen molar-refractivity contribution in [2.45, 2.75) is 38.9 Å². The Morgan fingerprint density at radius 3 is 2.69 bits per heavy atom. The minimum atomic E-state index is -0.468. The van der Waals surface area contributed by atoms with Crippen molar-refractivity contribution >= 4 is 28.7 Å². The van der Waals surface area contributed by atoms with Crippen LogP contribution in [0.1, 0.15) is 25.2 Å². The van der Waals surface area contributed by atoms with E-state index < -0.39 is 11.2 Å². The number of hydrogen-bond acceptors (Lipinski definition) is 7. The van der Waals surface area contributed by atoms with Gasteiger partial charge in [0.1, 0.15) is 22.0 Å². The molecule has 1 aromatic carbocycles. The van der Waals surface area contributed by atoms with E-state index >= 15 is 0 Å². The quantitative estimate of drug-likeness (QED) is 0.406. The van der Waals surface area contributed by atoms with Gasteiger partial charge in [-0.2, -0.15) is 0 Å². The number of aromatic nitrogens is 4. The third-order valence-electron chi connectivity index (χ3n) is 4.77. The molecule has 2 heterocycles. The van der Waals surface area contributed by atoms with E-state index in [1.807, 2.05) is 38.1 Å². The highest BCUT2D eigenvalue weighted by atomic mass is 32.2. The predicted molar refractivity (Wildman–Crippen MR) is 124 cm³/mol. The number of fused-ring (bicyclic) bond motifs is 1. The molecule has 9 nitrogen and oxygen atoms in total. The second kappa shape index (κ2) is 9.99. The van der Waals surface area contributed by atoms with Gasteiger partial charge in [0.05, 0.1) is 12.9 Å². The maximum atomic E-state index is 12.9. The number of thioether (sulfide) groups is 1. The summed E-state index contributed by atoms with van der Waals surface area (Å²) in [4.78, 5) is 46.8. The normalized spacial score (nSPS) is 11.2. The SMILES string of the molecule is COc1cccc(CNC(=O)CSc2nc(C)nc3c2c(=O)n(C)c(=O)n3CC(C)C)c1. The van der Waals surface area contributed by atoms with Crippen LogP contribution >= 0.6 is 11.8 Å². The van der Waals surface area contributed by atoms with Crippen LogP contribution in [0.4, 0.5) is 0 Å². The Bertz CT molecular complexity index is 1270. The highest BCUT2D eigenvalue weighted by Gasteiger charge is 2.19. The van der Waals surface area contributed by atoms with E-state index in [4.69, 9.17) is 4.74 Å². The zero-order valence-corrected chi connectivity index (χ0v) is 19.7. The summed E-state index contributed by atoms with van der Waals surface area (Å²) in [6.45, 7) is 6.45. The van der Waals surface area contributed by atoms with Crippen LogP contribution in [0.25, 0.3) is 11.0 Å². The van der Waals surface area contributed by atoms with Crippen molar-refractivity contribution in [3.63, 3.8) is 0 Å². The molecule has 0 atom stereocenters. The second-order valence-electron chi connectivity index (χ2n) is 7.84. The number of carbonyl (C=O) groups is 1. The molecule has 0 saturated heterocycles. The van der Waals surface area contributed by atoms with Crippen LogP contribution in [0.5, 0.6) is 5.75 Å². The number of methoxy groups -OCH3 is 1. The molecule has 0 aliphatic rings. The Morgan fingerprint density at radius 2 is 2.00 bits per heavy atom. The van der Waals surface area contributed by atoms with Gasteiger partial charge in [0.15, 0.2) is 5.65 Å². The molecule has 32 heavy (non-hydrogen) atoms. The molecule has 0 bridgehead atoms. The first-order valence-corrected chi connectivity index (χ1v) is 11.2. The van der Waals surface area contributed by atoms with Crippen LogP contribution in [0.15, 0.2) is 38.9 Å². The standard InChI is InChI=1S/C22H27N5O4S/c1-13(2)11-27-19-18(21(29)26(4)22(27)30)20(25-14(3)24-19)32-12-17(28)23-10-15-7-6-8-16(9-15)31-5/h6-9,13H,10-12H2,1-5H3,(H,23,28).